The number of imidazole rings is 1. The number of amides is 1. The Balaban J connectivity index is 1.42. The monoisotopic (exact) mass is 367 g/mol. The predicted molar refractivity (Wildman–Crippen MR) is 102 cm³/mol. The number of H-pyrrole nitrogens is 1. The third-order valence-electron chi connectivity index (χ3n) is 4.83. The maximum absolute atomic E-state index is 13.3. The van der Waals surface area contributed by atoms with Gasteiger partial charge >= 0.3 is 0 Å². The largest absolute Gasteiger partial charge is 0.369 e. The van der Waals surface area contributed by atoms with Crippen LogP contribution >= 0.6 is 0 Å². The number of nitrogens with zero attached hydrogens (tertiary/aromatic N) is 3. The average molecular weight is 367 g/mol. The van der Waals surface area contributed by atoms with Gasteiger partial charge in [0, 0.05) is 32.3 Å². The van der Waals surface area contributed by atoms with Crippen LogP contribution in [0, 0.1) is 5.82 Å². The minimum Gasteiger partial charge on any atom is -0.369 e. The lowest BCUT2D eigenvalue weighted by Gasteiger charge is -2.27. The number of carbonyl (C=O) groups excluding carboxylic acids is 1. The van der Waals surface area contributed by atoms with Crippen LogP contribution in [0.25, 0.3) is 11.0 Å². The predicted octanol–water partition coefficient (Wildman–Crippen LogP) is 3.38. The van der Waals surface area contributed by atoms with Crippen molar-refractivity contribution in [3.05, 3.63) is 53.7 Å². The van der Waals surface area contributed by atoms with E-state index in [-0.39, 0.29) is 11.7 Å². The SMILES string of the molecule is O=C(c1cccnc1NCCc1nc2ccc(F)cc2[nH]1)N1CCCCC1. The zero-order valence-corrected chi connectivity index (χ0v) is 15.0. The second kappa shape index (κ2) is 7.73. The van der Waals surface area contributed by atoms with Crippen molar-refractivity contribution in [2.45, 2.75) is 25.7 Å². The summed E-state index contributed by atoms with van der Waals surface area (Å²) in [4.78, 5) is 26.6. The Morgan fingerprint density at radius 2 is 2.07 bits per heavy atom. The smallest absolute Gasteiger partial charge is 0.257 e. The molecule has 0 spiro atoms. The normalized spacial score (nSPS) is 14.5. The van der Waals surface area contributed by atoms with E-state index in [9.17, 15) is 9.18 Å². The van der Waals surface area contributed by atoms with E-state index in [1.807, 2.05) is 11.0 Å². The molecular formula is C20H22FN5O. The van der Waals surface area contributed by atoms with E-state index < -0.39 is 0 Å². The number of aromatic nitrogens is 3. The van der Waals surface area contributed by atoms with Crippen LogP contribution in [-0.4, -0.2) is 45.4 Å². The topological polar surface area (TPSA) is 73.9 Å². The highest BCUT2D eigenvalue weighted by molar-refractivity contribution is 5.98. The zero-order chi connectivity index (χ0) is 18.6. The first-order chi connectivity index (χ1) is 13.2. The van der Waals surface area contributed by atoms with Gasteiger partial charge in [0.2, 0.25) is 0 Å². The van der Waals surface area contributed by atoms with Gasteiger partial charge in [-0.3, -0.25) is 4.79 Å². The van der Waals surface area contributed by atoms with Crippen LogP contribution in [0.4, 0.5) is 10.2 Å². The van der Waals surface area contributed by atoms with Gasteiger partial charge in [-0.25, -0.2) is 14.4 Å². The number of benzene rings is 1. The lowest BCUT2D eigenvalue weighted by atomic mass is 10.1. The number of rotatable bonds is 5. The molecule has 0 aliphatic carbocycles. The van der Waals surface area contributed by atoms with Crippen molar-refractivity contribution < 1.29 is 9.18 Å². The molecule has 1 aliphatic rings. The summed E-state index contributed by atoms with van der Waals surface area (Å²) in [5.41, 5.74) is 2.03. The highest BCUT2D eigenvalue weighted by atomic mass is 19.1. The number of nitrogens with one attached hydrogen (secondary N) is 2. The summed E-state index contributed by atoms with van der Waals surface area (Å²) in [5.74, 6) is 1.10. The maximum atomic E-state index is 13.3. The molecule has 3 heterocycles. The van der Waals surface area contributed by atoms with Gasteiger partial charge in [-0.05, 0) is 49.6 Å². The van der Waals surface area contributed by atoms with E-state index in [0.29, 0.717) is 29.9 Å². The molecule has 1 amide bonds. The fourth-order valence-corrected chi connectivity index (χ4v) is 3.44. The van der Waals surface area contributed by atoms with E-state index in [4.69, 9.17) is 0 Å². The number of fused-ring (bicyclic) bond motifs is 1. The second-order valence-corrected chi connectivity index (χ2v) is 6.77. The third-order valence-corrected chi connectivity index (χ3v) is 4.83. The summed E-state index contributed by atoms with van der Waals surface area (Å²) in [5, 5.41) is 3.24. The third kappa shape index (κ3) is 3.92. The summed E-state index contributed by atoms with van der Waals surface area (Å²) >= 11 is 0. The van der Waals surface area contributed by atoms with Crippen LogP contribution in [0.5, 0.6) is 0 Å². The molecule has 3 aromatic rings. The average Bonchev–Trinajstić information content (AvgIpc) is 3.10. The van der Waals surface area contributed by atoms with Crippen molar-refractivity contribution in [3.8, 4) is 0 Å². The van der Waals surface area contributed by atoms with Crippen molar-refractivity contribution in [3.63, 3.8) is 0 Å². The van der Waals surface area contributed by atoms with Crippen LogP contribution in [-0.2, 0) is 6.42 Å². The molecule has 0 bridgehead atoms. The van der Waals surface area contributed by atoms with Gasteiger partial charge in [0.1, 0.15) is 17.5 Å². The van der Waals surface area contributed by atoms with E-state index in [0.717, 1.165) is 37.3 Å². The molecule has 1 fully saturated rings. The molecule has 1 aliphatic heterocycles. The van der Waals surface area contributed by atoms with Crippen molar-refractivity contribution in [2.75, 3.05) is 25.0 Å². The zero-order valence-electron chi connectivity index (χ0n) is 15.0. The summed E-state index contributed by atoms with van der Waals surface area (Å²) in [7, 11) is 0. The molecule has 0 unspecified atom stereocenters. The highest BCUT2D eigenvalue weighted by Gasteiger charge is 2.21. The van der Waals surface area contributed by atoms with E-state index in [1.54, 1.807) is 18.3 Å². The summed E-state index contributed by atoms with van der Waals surface area (Å²) < 4.78 is 13.3. The molecule has 7 heteroatoms. The quantitative estimate of drug-likeness (QED) is 0.725. The first-order valence-electron chi connectivity index (χ1n) is 9.33. The minimum atomic E-state index is -0.287. The number of pyridine rings is 1. The molecule has 27 heavy (non-hydrogen) atoms. The van der Waals surface area contributed by atoms with Crippen molar-refractivity contribution in [1.82, 2.24) is 19.9 Å². The van der Waals surface area contributed by atoms with Crippen LogP contribution in [0.2, 0.25) is 0 Å². The molecule has 1 saturated heterocycles. The lowest BCUT2D eigenvalue weighted by molar-refractivity contribution is 0.0725. The Kier molecular flexibility index (Phi) is 5.00. The van der Waals surface area contributed by atoms with Crippen molar-refractivity contribution >= 4 is 22.8 Å². The number of hydrogen-bond acceptors (Lipinski definition) is 4. The Hall–Kier alpha value is -2.96. The van der Waals surface area contributed by atoms with E-state index >= 15 is 0 Å². The first-order valence-corrected chi connectivity index (χ1v) is 9.33. The molecule has 0 saturated carbocycles. The summed E-state index contributed by atoms with van der Waals surface area (Å²) in [6.45, 7) is 2.19. The fourth-order valence-electron chi connectivity index (χ4n) is 3.44. The first kappa shape index (κ1) is 17.5. The Morgan fingerprint density at radius 3 is 2.93 bits per heavy atom. The summed E-state index contributed by atoms with van der Waals surface area (Å²) in [6.07, 6.45) is 5.59. The maximum Gasteiger partial charge on any atom is 0.257 e. The Bertz CT molecular complexity index is 948. The van der Waals surface area contributed by atoms with Crippen molar-refractivity contribution in [2.24, 2.45) is 0 Å². The number of piperidine rings is 1. The van der Waals surface area contributed by atoms with E-state index in [1.165, 1.54) is 18.6 Å². The van der Waals surface area contributed by atoms with Gasteiger partial charge < -0.3 is 15.2 Å². The molecule has 6 nitrogen and oxygen atoms in total. The van der Waals surface area contributed by atoms with Crippen LogP contribution in [0.1, 0.15) is 35.4 Å². The molecule has 0 radical (unpaired) electrons. The number of anilines is 1. The molecule has 140 valence electrons. The number of aromatic amines is 1. The van der Waals surface area contributed by atoms with Gasteiger partial charge in [0.25, 0.3) is 5.91 Å². The number of halogens is 1. The molecule has 2 N–H and O–H groups in total. The lowest BCUT2D eigenvalue weighted by Crippen LogP contribution is -2.36. The van der Waals surface area contributed by atoms with Crippen LogP contribution in [0.15, 0.2) is 36.5 Å². The Morgan fingerprint density at radius 1 is 1.22 bits per heavy atom. The van der Waals surface area contributed by atoms with Gasteiger partial charge in [0.15, 0.2) is 0 Å². The van der Waals surface area contributed by atoms with Gasteiger partial charge in [0.05, 0.1) is 16.6 Å². The number of carbonyl (C=O) groups is 1. The molecular weight excluding hydrogens is 345 g/mol. The van der Waals surface area contributed by atoms with E-state index in [2.05, 4.69) is 20.3 Å². The summed E-state index contributed by atoms with van der Waals surface area (Å²) in [6, 6.07) is 8.10. The Labute approximate surface area is 156 Å². The standard InChI is InChI=1S/C20H22FN5O/c21-14-6-7-16-17(13-14)25-18(24-16)8-10-23-19-15(5-4-9-22-19)20(27)26-11-2-1-3-12-26/h4-7,9,13H,1-3,8,10-12H2,(H,22,23)(H,24,25). The van der Waals surface area contributed by atoms with Gasteiger partial charge in [-0.1, -0.05) is 0 Å². The van der Waals surface area contributed by atoms with Crippen LogP contribution < -0.4 is 5.32 Å². The molecule has 2 aromatic heterocycles. The molecule has 1 aromatic carbocycles. The fraction of sp³-hybridized carbons (Fsp3) is 0.350. The molecule has 0 atom stereocenters. The number of hydrogen-bond donors (Lipinski definition) is 2. The number of likely N-dealkylation sites (tertiary alicyclic amines) is 1. The molecule has 4 rings (SSSR count). The minimum absolute atomic E-state index is 0.0320. The second-order valence-electron chi connectivity index (χ2n) is 6.77. The van der Waals surface area contributed by atoms with Crippen LogP contribution in [0.3, 0.4) is 0 Å². The van der Waals surface area contributed by atoms with Crippen molar-refractivity contribution in [1.29, 1.82) is 0 Å². The highest BCUT2D eigenvalue weighted by Crippen LogP contribution is 2.18. The van der Waals surface area contributed by atoms with Gasteiger partial charge in [-0.15, -0.1) is 0 Å². The van der Waals surface area contributed by atoms with Gasteiger partial charge in [-0.2, -0.15) is 0 Å².